The number of nitrogens with one attached hydrogen (secondary N) is 1. The fourth-order valence-corrected chi connectivity index (χ4v) is 11.9. The maximum Gasteiger partial charge on any atom is 0.512 e. The fourth-order valence-electron chi connectivity index (χ4n) is 9.52. The molecular weight excluding hydrogens is 704 g/mol. The summed E-state index contributed by atoms with van der Waals surface area (Å²) in [5, 5.41) is 17.9. The number of benzene rings is 2. The zero-order valence-corrected chi connectivity index (χ0v) is 29.2. The highest BCUT2D eigenvalue weighted by molar-refractivity contribution is 9.10. The van der Waals surface area contributed by atoms with E-state index >= 15 is 0 Å². The van der Waals surface area contributed by atoms with Gasteiger partial charge in [0.05, 0.1) is 16.4 Å². The van der Waals surface area contributed by atoms with Crippen molar-refractivity contribution in [1.82, 2.24) is 19.7 Å². The van der Waals surface area contributed by atoms with Gasteiger partial charge in [0, 0.05) is 46.8 Å². The number of carbonyl (C=O) groups is 2. The lowest BCUT2D eigenvalue weighted by molar-refractivity contribution is -0.0468. The molecule has 10 rings (SSSR count). The second-order valence-electron chi connectivity index (χ2n) is 14.5. The number of nitrogens with zero attached hydrogens (tertiary/aromatic N) is 5. The predicted octanol–water partition coefficient (Wildman–Crippen LogP) is 8.16. The van der Waals surface area contributed by atoms with Crippen LogP contribution >= 0.6 is 27.3 Å². The number of thiazole rings is 1. The van der Waals surface area contributed by atoms with Gasteiger partial charge in [-0.1, -0.05) is 51.5 Å². The van der Waals surface area contributed by atoms with E-state index in [1.807, 2.05) is 59.4 Å². The van der Waals surface area contributed by atoms with Crippen molar-refractivity contribution in [3.05, 3.63) is 83.7 Å². The normalized spacial score (nSPS) is 25.4. The van der Waals surface area contributed by atoms with Gasteiger partial charge in [-0.25, -0.2) is 9.78 Å². The minimum atomic E-state index is -1.42. The molecule has 2 unspecified atom stereocenters. The van der Waals surface area contributed by atoms with Gasteiger partial charge in [0.1, 0.15) is 5.82 Å². The van der Waals surface area contributed by atoms with Gasteiger partial charge in [-0.05, 0) is 104 Å². The van der Waals surface area contributed by atoms with E-state index in [2.05, 4.69) is 37.2 Å². The summed E-state index contributed by atoms with van der Waals surface area (Å²) >= 11 is 5.57. The molecule has 49 heavy (non-hydrogen) atoms. The standard InChI is InChI=1S/C37H35BrN6O4S/c38-37-15-22-12-23(16-37)14-36(13-22,20-37)21-44-18-25(17-39-44)26-8-9-31(41-33(26)48-35(46)47)43-11-10-24-4-3-5-27(28(24)19-43)32(45)42-34-40-29-6-1-2-7-30(29)49-34/h1-9,17-18,22-23H,10-16,19-21H2,(H,46,47)(H,40,42,45). The van der Waals surface area contributed by atoms with Gasteiger partial charge in [0.25, 0.3) is 5.91 Å². The lowest BCUT2D eigenvalue weighted by Crippen LogP contribution is -2.54. The lowest BCUT2D eigenvalue weighted by atomic mass is 9.49. The number of halogens is 1. The van der Waals surface area contributed by atoms with Crippen molar-refractivity contribution in [1.29, 1.82) is 0 Å². The summed E-state index contributed by atoms with van der Waals surface area (Å²) in [7, 11) is 0. The molecule has 5 aliphatic rings. The van der Waals surface area contributed by atoms with E-state index in [1.54, 1.807) is 6.20 Å². The third-order valence-electron chi connectivity index (χ3n) is 10.9. The van der Waals surface area contributed by atoms with E-state index in [0.29, 0.717) is 41.6 Å². The average molecular weight is 740 g/mol. The number of pyridine rings is 1. The van der Waals surface area contributed by atoms with Crippen LogP contribution in [0.1, 0.15) is 60.0 Å². The number of carbonyl (C=O) groups excluding carboxylic acids is 1. The number of fused-ring (bicyclic) bond motifs is 2. The molecule has 0 spiro atoms. The van der Waals surface area contributed by atoms with Crippen LogP contribution in [-0.4, -0.2) is 47.8 Å². The molecule has 1 aliphatic heterocycles. The molecule has 250 valence electrons. The van der Waals surface area contributed by atoms with Crippen LogP contribution in [0.5, 0.6) is 5.88 Å². The van der Waals surface area contributed by atoms with Crippen molar-refractivity contribution < 1.29 is 19.4 Å². The maximum absolute atomic E-state index is 13.5. The van der Waals surface area contributed by atoms with E-state index in [1.165, 1.54) is 49.9 Å². The fraction of sp³-hybridized carbons (Fsp3) is 0.378. The minimum absolute atomic E-state index is 0.0198. The molecule has 4 saturated carbocycles. The second-order valence-corrected chi connectivity index (χ2v) is 17.2. The van der Waals surface area contributed by atoms with Crippen LogP contribution in [0.3, 0.4) is 0 Å². The Morgan fingerprint density at radius 1 is 1.04 bits per heavy atom. The van der Waals surface area contributed by atoms with Crippen LogP contribution in [0.4, 0.5) is 15.7 Å². The average Bonchev–Trinajstić information content (AvgIpc) is 3.68. The lowest BCUT2D eigenvalue weighted by Gasteiger charge is -2.60. The van der Waals surface area contributed by atoms with Crippen molar-refractivity contribution >= 4 is 60.5 Å². The van der Waals surface area contributed by atoms with Gasteiger partial charge < -0.3 is 14.7 Å². The minimum Gasteiger partial charge on any atom is -0.449 e. The first kappa shape index (κ1) is 30.7. The number of rotatable bonds is 7. The molecular formula is C37H35BrN6O4S. The number of carboxylic acid groups (broad SMARTS) is 1. The van der Waals surface area contributed by atoms with Crippen LogP contribution in [-0.2, 0) is 19.5 Å². The maximum atomic E-state index is 13.5. The number of ether oxygens (including phenoxy) is 1. The van der Waals surface area contributed by atoms with Crippen molar-refractivity contribution in [3.63, 3.8) is 0 Å². The highest BCUT2D eigenvalue weighted by Crippen LogP contribution is 2.64. The van der Waals surface area contributed by atoms with Crippen molar-refractivity contribution in [2.45, 2.75) is 62.4 Å². The molecule has 0 saturated heterocycles. The SMILES string of the molecule is O=C(O)Oc1nc(N2CCc3cccc(C(=O)Nc4nc5ccccc5s4)c3C2)ccc1-c1cnn(CC23CC4CC(CC(Br)(C4)C2)C3)c1. The number of hydrogen-bond donors (Lipinski definition) is 2. The number of para-hydroxylation sites is 1. The van der Waals surface area contributed by atoms with Crippen LogP contribution in [0.25, 0.3) is 21.3 Å². The molecule has 0 radical (unpaired) electrons. The van der Waals surface area contributed by atoms with Gasteiger partial charge in [0.2, 0.25) is 5.88 Å². The van der Waals surface area contributed by atoms with E-state index < -0.39 is 6.16 Å². The Morgan fingerprint density at radius 2 is 1.88 bits per heavy atom. The number of alkyl halides is 1. The summed E-state index contributed by atoms with van der Waals surface area (Å²) < 4.78 is 8.58. The molecule has 10 nitrogen and oxygen atoms in total. The molecule has 2 N–H and O–H groups in total. The van der Waals surface area contributed by atoms with Crippen LogP contribution in [0.2, 0.25) is 0 Å². The first-order valence-corrected chi connectivity index (χ1v) is 18.5. The Hall–Kier alpha value is -4.29. The zero-order valence-electron chi connectivity index (χ0n) is 26.8. The van der Waals surface area contributed by atoms with Gasteiger partial charge in [-0.15, -0.1) is 0 Å². The Bertz CT molecular complexity index is 2080. The van der Waals surface area contributed by atoms with Crippen LogP contribution in [0, 0.1) is 17.3 Å². The molecule has 3 aromatic heterocycles. The van der Waals surface area contributed by atoms with Crippen LogP contribution in [0.15, 0.2) is 67.0 Å². The summed E-state index contributed by atoms with van der Waals surface area (Å²) in [6.45, 7) is 1.95. The molecule has 12 heteroatoms. The molecule has 4 aliphatic carbocycles. The first-order chi connectivity index (χ1) is 23.7. The van der Waals surface area contributed by atoms with Gasteiger partial charge in [0.15, 0.2) is 5.13 Å². The summed E-state index contributed by atoms with van der Waals surface area (Å²) in [4.78, 5) is 36.7. The summed E-state index contributed by atoms with van der Waals surface area (Å²) in [5.41, 5.74) is 5.03. The Labute approximate surface area is 295 Å². The van der Waals surface area contributed by atoms with Crippen molar-refractivity contribution in [3.8, 4) is 17.0 Å². The zero-order chi connectivity index (χ0) is 33.3. The van der Waals surface area contributed by atoms with Gasteiger partial charge in [-0.2, -0.15) is 10.1 Å². The predicted molar refractivity (Wildman–Crippen MR) is 192 cm³/mol. The highest BCUT2D eigenvalue weighted by Gasteiger charge is 2.56. The smallest absolute Gasteiger partial charge is 0.449 e. The van der Waals surface area contributed by atoms with Gasteiger partial charge >= 0.3 is 6.16 Å². The van der Waals surface area contributed by atoms with E-state index in [0.717, 1.165) is 45.3 Å². The monoisotopic (exact) mass is 738 g/mol. The quantitative estimate of drug-likeness (QED) is 0.127. The van der Waals surface area contributed by atoms with Gasteiger partial charge in [-0.3, -0.25) is 14.8 Å². The van der Waals surface area contributed by atoms with E-state index in [4.69, 9.17) is 14.8 Å². The summed E-state index contributed by atoms with van der Waals surface area (Å²) in [5.74, 6) is 1.96. The highest BCUT2D eigenvalue weighted by atomic mass is 79.9. The molecule has 4 heterocycles. The second kappa shape index (κ2) is 11.7. The Morgan fingerprint density at radius 3 is 2.67 bits per heavy atom. The number of anilines is 2. The largest absolute Gasteiger partial charge is 0.512 e. The summed E-state index contributed by atoms with van der Waals surface area (Å²) in [6.07, 6.45) is 10.7. The topological polar surface area (TPSA) is 122 Å². The molecule has 1 amide bonds. The van der Waals surface area contributed by atoms with Crippen molar-refractivity contribution in [2.75, 3.05) is 16.8 Å². The molecule has 2 aromatic carbocycles. The molecule has 2 atom stereocenters. The number of amides is 1. The Balaban J connectivity index is 0.960. The molecule has 4 fully saturated rings. The number of hydrogen-bond acceptors (Lipinski definition) is 8. The van der Waals surface area contributed by atoms with Crippen molar-refractivity contribution in [2.24, 2.45) is 17.3 Å². The Kier molecular flexibility index (Phi) is 7.31. The first-order valence-electron chi connectivity index (χ1n) is 16.9. The van der Waals surface area contributed by atoms with E-state index in [-0.39, 0.29) is 21.5 Å². The molecule has 5 aromatic rings. The number of aromatic nitrogens is 4. The van der Waals surface area contributed by atoms with Crippen LogP contribution < -0.4 is 15.0 Å². The third kappa shape index (κ3) is 5.78. The third-order valence-corrected chi connectivity index (χ3v) is 12.8. The van der Waals surface area contributed by atoms with E-state index in [9.17, 15) is 14.7 Å². The molecule has 4 bridgehead atoms. The summed E-state index contributed by atoms with van der Waals surface area (Å²) in [6, 6.07) is 17.3.